The first-order chi connectivity index (χ1) is 12.5. The van der Waals surface area contributed by atoms with E-state index in [0.29, 0.717) is 21.5 Å². The van der Waals surface area contributed by atoms with Crippen molar-refractivity contribution >= 4 is 57.9 Å². The number of ether oxygens (including phenoxy) is 1. The van der Waals surface area contributed by atoms with Crippen molar-refractivity contribution in [2.45, 2.75) is 4.34 Å². The van der Waals surface area contributed by atoms with E-state index < -0.39 is 0 Å². The lowest BCUT2D eigenvalue weighted by Gasteiger charge is -2.10. The van der Waals surface area contributed by atoms with Crippen LogP contribution in [0.4, 0.5) is 5.69 Å². The number of halogens is 2. The lowest BCUT2D eigenvalue weighted by molar-refractivity contribution is -0.113. The van der Waals surface area contributed by atoms with Gasteiger partial charge in [0.1, 0.15) is 5.75 Å². The Balaban J connectivity index is 1.60. The summed E-state index contributed by atoms with van der Waals surface area (Å²) in [5.74, 6) is 0.648. The van der Waals surface area contributed by atoms with Crippen molar-refractivity contribution in [2.75, 3.05) is 18.2 Å². The van der Waals surface area contributed by atoms with Crippen LogP contribution in [0, 0.1) is 0 Å². The monoisotopic (exact) mass is 424 g/mol. The molecule has 0 atom stereocenters. The van der Waals surface area contributed by atoms with E-state index in [-0.39, 0.29) is 11.7 Å². The number of nitrogens with zero attached hydrogens (tertiary/aromatic N) is 1. The molecule has 0 bridgehead atoms. The number of nitrogens with one attached hydrogen (secondary N) is 1. The van der Waals surface area contributed by atoms with E-state index in [4.69, 9.17) is 27.9 Å². The van der Waals surface area contributed by atoms with Gasteiger partial charge in [0, 0.05) is 21.0 Å². The quantitative estimate of drug-likeness (QED) is 0.503. The van der Waals surface area contributed by atoms with Gasteiger partial charge in [-0.05, 0) is 30.3 Å². The Morgan fingerprint density at radius 2 is 1.92 bits per heavy atom. The molecule has 1 aromatic heterocycles. The molecule has 0 radical (unpaired) electrons. The third kappa shape index (κ3) is 4.92. The SMILES string of the molecule is COc1ccc(Cl)cc1NC(=O)CSc1nc(-c2ccc(Cl)cc2)cs1. The average molecular weight is 425 g/mol. The zero-order chi connectivity index (χ0) is 18.5. The van der Waals surface area contributed by atoms with Gasteiger partial charge in [0.2, 0.25) is 5.91 Å². The van der Waals surface area contributed by atoms with Gasteiger partial charge in [-0.15, -0.1) is 11.3 Å². The number of hydrogen-bond donors (Lipinski definition) is 1. The summed E-state index contributed by atoms with van der Waals surface area (Å²) in [6.07, 6.45) is 0. The first-order valence-electron chi connectivity index (χ1n) is 7.53. The highest BCUT2D eigenvalue weighted by molar-refractivity contribution is 8.01. The van der Waals surface area contributed by atoms with Crippen molar-refractivity contribution < 1.29 is 9.53 Å². The standard InChI is InChI=1S/C18H14Cl2N2O2S2/c1-24-16-7-6-13(20)8-14(16)21-17(23)10-26-18-22-15(9-25-18)11-2-4-12(19)5-3-11/h2-9H,10H2,1H3,(H,21,23). The second-order valence-corrected chi connectivity index (χ2v) is 8.14. The molecule has 0 aliphatic carbocycles. The molecule has 4 nitrogen and oxygen atoms in total. The summed E-state index contributed by atoms with van der Waals surface area (Å²) in [5, 5.41) is 5.99. The van der Waals surface area contributed by atoms with Crippen LogP contribution in [0.5, 0.6) is 5.75 Å². The number of rotatable bonds is 6. The largest absolute Gasteiger partial charge is 0.495 e. The molecule has 1 heterocycles. The molecule has 134 valence electrons. The summed E-state index contributed by atoms with van der Waals surface area (Å²) in [4.78, 5) is 16.8. The Hall–Kier alpha value is -1.73. The lowest BCUT2D eigenvalue weighted by atomic mass is 10.2. The molecule has 26 heavy (non-hydrogen) atoms. The Kier molecular flexibility index (Phi) is 6.43. The highest BCUT2D eigenvalue weighted by Gasteiger charge is 2.11. The van der Waals surface area contributed by atoms with E-state index in [0.717, 1.165) is 15.6 Å². The Bertz CT molecular complexity index is 914. The number of anilines is 1. The Morgan fingerprint density at radius 3 is 2.65 bits per heavy atom. The van der Waals surface area contributed by atoms with E-state index in [1.807, 2.05) is 29.6 Å². The van der Waals surface area contributed by atoms with Crippen molar-refractivity contribution in [1.82, 2.24) is 4.98 Å². The third-order valence-electron chi connectivity index (χ3n) is 3.39. The highest BCUT2D eigenvalue weighted by Crippen LogP contribution is 2.30. The summed E-state index contributed by atoms with van der Waals surface area (Å²) in [6.45, 7) is 0. The first kappa shape index (κ1) is 19.0. The summed E-state index contributed by atoms with van der Waals surface area (Å²) < 4.78 is 6.05. The van der Waals surface area contributed by atoms with Crippen LogP contribution < -0.4 is 10.1 Å². The molecule has 0 saturated heterocycles. The van der Waals surface area contributed by atoms with Crippen LogP contribution in [-0.4, -0.2) is 23.8 Å². The fourth-order valence-electron chi connectivity index (χ4n) is 2.17. The van der Waals surface area contributed by atoms with Crippen molar-refractivity contribution in [3.8, 4) is 17.0 Å². The molecule has 0 aliphatic rings. The summed E-state index contributed by atoms with van der Waals surface area (Å²) >= 11 is 14.8. The number of hydrogen-bond acceptors (Lipinski definition) is 5. The van der Waals surface area contributed by atoms with Gasteiger partial charge < -0.3 is 10.1 Å². The van der Waals surface area contributed by atoms with Gasteiger partial charge in [-0.25, -0.2) is 4.98 Å². The Labute approximate surface area is 169 Å². The maximum absolute atomic E-state index is 12.2. The molecular weight excluding hydrogens is 411 g/mol. The van der Waals surface area contributed by atoms with Crippen LogP contribution in [0.2, 0.25) is 10.0 Å². The van der Waals surface area contributed by atoms with E-state index in [9.17, 15) is 4.79 Å². The second kappa shape index (κ2) is 8.77. The maximum Gasteiger partial charge on any atom is 0.234 e. The molecule has 3 rings (SSSR count). The van der Waals surface area contributed by atoms with Gasteiger partial charge in [-0.1, -0.05) is 47.1 Å². The van der Waals surface area contributed by atoms with Gasteiger partial charge in [-0.2, -0.15) is 0 Å². The van der Waals surface area contributed by atoms with Crippen molar-refractivity contribution in [3.63, 3.8) is 0 Å². The second-order valence-electron chi connectivity index (χ2n) is 5.19. The lowest BCUT2D eigenvalue weighted by Crippen LogP contribution is -2.14. The van der Waals surface area contributed by atoms with Gasteiger partial charge in [0.15, 0.2) is 4.34 Å². The van der Waals surface area contributed by atoms with Crippen molar-refractivity contribution in [3.05, 3.63) is 57.9 Å². The number of amides is 1. The zero-order valence-electron chi connectivity index (χ0n) is 13.7. The molecule has 0 aliphatic heterocycles. The molecule has 0 unspecified atom stereocenters. The number of thioether (sulfide) groups is 1. The smallest absolute Gasteiger partial charge is 0.234 e. The minimum Gasteiger partial charge on any atom is -0.495 e. The van der Waals surface area contributed by atoms with Crippen LogP contribution in [0.15, 0.2) is 52.2 Å². The predicted molar refractivity (Wildman–Crippen MR) is 110 cm³/mol. The molecule has 8 heteroatoms. The van der Waals surface area contributed by atoms with Gasteiger partial charge in [-0.3, -0.25) is 4.79 Å². The zero-order valence-corrected chi connectivity index (χ0v) is 16.8. The van der Waals surface area contributed by atoms with E-state index in [1.165, 1.54) is 23.1 Å². The molecule has 1 amide bonds. The summed E-state index contributed by atoms with van der Waals surface area (Å²) in [6, 6.07) is 12.6. The number of benzene rings is 2. The molecule has 0 fully saturated rings. The van der Waals surface area contributed by atoms with E-state index in [1.54, 1.807) is 25.3 Å². The van der Waals surface area contributed by atoms with Gasteiger partial charge in [0.25, 0.3) is 0 Å². The van der Waals surface area contributed by atoms with E-state index >= 15 is 0 Å². The fraction of sp³-hybridized carbons (Fsp3) is 0.111. The van der Waals surface area contributed by atoms with Crippen LogP contribution in [0.3, 0.4) is 0 Å². The minimum atomic E-state index is -0.154. The molecule has 3 aromatic rings. The average Bonchev–Trinajstić information content (AvgIpc) is 3.10. The Morgan fingerprint density at radius 1 is 1.19 bits per heavy atom. The summed E-state index contributed by atoms with van der Waals surface area (Å²) in [7, 11) is 1.54. The number of aromatic nitrogens is 1. The van der Waals surface area contributed by atoms with Crippen LogP contribution in [0.1, 0.15) is 0 Å². The van der Waals surface area contributed by atoms with Gasteiger partial charge >= 0.3 is 0 Å². The molecule has 2 aromatic carbocycles. The highest BCUT2D eigenvalue weighted by atomic mass is 35.5. The first-order valence-corrected chi connectivity index (χ1v) is 10.1. The fourth-order valence-corrected chi connectivity index (χ4v) is 4.10. The van der Waals surface area contributed by atoms with Gasteiger partial charge in [0.05, 0.1) is 24.2 Å². The number of thiazole rings is 1. The van der Waals surface area contributed by atoms with Crippen LogP contribution in [0.25, 0.3) is 11.3 Å². The number of carbonyl (C=O) groups is 1. The predicted octanol–water partition coefficient (Wildman–Crippen LogP) is 5.86. The third-order valence-corrected chi connectivity index (χ3v) is 5.89. The van der Waals surface area contributed by atoms with E-state index in [2.05, 4.69) is 10.3 Å². The normalized spacial score (nSPS) is 10.6. The molecule has 0 saturated carbocycles. The molecule has 1 N–H and O–H groups in total. The molecule has 0 spiro atoms. The topological polar surface area (TPSA) is 51.2 Å². The van der Waals surface area contributed by atoms with Crippen molar-refractivity contribution in [1.29, 1.82) is 0 Å². The van der Waals surface area contributed by atoms with Crippen molar-refractivity contribution in [2.24, 2.45) is 0 Å². The number of methoxy groups -OCH3 is 1. The van der Waals surface area contributed by atoms with Crippen LogP contribution >= 0.6 is 46.3 Å². The maximum atomic E-state index is 12.2. The summed E-state index contributed by atoms with van der Waals surface area (Å²) in [5.41, 5.74) is 2.41. The number of carbonyl (C=O) groups excluding carboxylic acids is 1. The van der Waals surface area contributed by atoms with Crippen LogP contribution in [-0.2, 0) is 4.79 Å². The molecular formula is C18H14Cl2N2O2S2. The minimum absolute atomic E-state index is 0.154.